The first-order valence-electron chi connectivity index (χ1n) is 15.4. The van der Waals surface area contributed by atoms with E-state index in [4.69, 9.17) is 0 Å². The quantitative estimate of drug-likeness (QED) is 0.233. The van der Waals surface area contributed by atoms with Gasteiger partial charge in [-0.15, -0.1) is 0 Å². The van der Waals surface area contributed by atoms with Gasteiger partial charge in [-0.3, -0.25) is 9.59 Å². The van der Waals surface area contributed by atoms with Crippen LogP contribution in [0.5, 0.6) is 0 Å². The number of hydrogen-bond acceptors (Lipinski definition) is 2. The maximum absolute atomic E-state index is 14.0. The maximum atomic E-state index is 14.0. The van der Waals surface area contributed by atoms with Crippen molar-refractivity contribution in [1.82, 2.24) is 14.4 Å². The van der Waals surface area contributed by atoms with Gasteiger partial charge in [0.05, 0.1) is 13.1 Å². The van der Waals surface area contributed by atoms with Crippen LogP contribution in [0.3, 0.4) is 0 Å². The standard InChI is InChI=1S/C34H53N3O2/c1-6-7-14-21-36(32(38)23-28(2)24-34(3,4)5)27-33(39)37(30-18-12-9-13-19-30)26-31-20-15-22-35(31)25-29-16-10-8-11-17-29/h8,10-11,15-17,20,22,28,30H,6-7,9,12-14,18-19,21,23-27H2,1-5H3. The second-order valence-corrected chi connectivity index (χ2v) is 13.0. The smallest absolute Gasteiger partial charge is 0.242 e. The summed E-state index contributed by atoms with van der Waals surface area (Å²) >= 11 is 0. The van der Waals surface area contributed by atoms with Crippen LogP contribution in [0.2, 0.25) is 0 Å². The summed E-state index contributed by atoms with van der Waals surface area (Å²) in [7, 11) is 0. The highest BCUT2D eigenvalue weighted by Gasteiger charge is 2.29. The number of unbranched alkanes of at least 4 members (excludes halogenated alkanes) is 2. The molecule has 0 saturated heterocycles. The number of carbonyl (C=O) groups excluding carboxylic acids is 2. The molecule has 2 amide bonds. The Hall–Kier alpha value is -2.56. The Kier molecular flexibility index (Phi) is 12.1. The molecule has 216 valence electrons. The fourth-order valence-electron chi connectivity index (χ4n) is 6.16. The van der Waals surface area contributed by atoms with E-state index < -0.39 is 0 Å². The Bertz CT molecular complexity index is 1000. The van der Waals surface area contributed by atoms with Crippen molar-refractivity contribution in [2.45, 2.75) is 118 Å². The van der Waals surface area contributed by atoms with Gasteiger partial charge in [-0.1, -0.05) is 97.1 Å². The van der Waals surface area contributed by atoms with Gasteiger partial charge >= 0.3 is 0 Å². The molecular weight excluding hydrogens is 482 g/mol. The van der Waals surface area contributed by atoms with Gasteiger partial charge < -0.3 is 14.4 Å². The summed E-state index contributed by atoms with van der Waals surface area (Å²) in [6.07, 6.45) is 12.5. The number of benzene rings is 1. The van der Waals surface area contributed by atoms with E-state index in [1.165, 1.54) is 24.8 Å². The van der Waals surface area contributed by atoms with Crippen LogP contribution in [0.4, 0.5) is 0 Å². The molecule has 1 saturated carbocycles. The first kappa shape index (κ1) is 31.0. The van der Waals surface area contributed by atoms with E-state index in [1.807, 2.05) is 11.0 Å². The molecule has 0 radical (unpaired) electrons. The van der Waals surface area contributed by atoms with E-state index in [-0.39, 0.29) is 29.8 Å². The molecule has 1 aromatic heterocycles. The minimum atomic E-state index is 0.0997. The van der Waals surface area contributed by atoms with E-state index in [9.17, 15) is 9.59 Å². The van der Waals surface area contributed by atoms with Gasteiger partial charge in [-0.2, -0.15) is 0 Å². The summed E-state index contributed by atoms with van der Waals surface area (Å²) in [5, 5.41) is 0. The van der Waals surface area contributed by atoms with Gasteiger partial charge in [0.25, 0.3) is 0 Å². The van der Waals surface area contributed by atoms with Crippen molar-refractivity contribution < 1.29 is 9.59 Å². The number of carbonyl (C=O) groups is 2. The Balaban J connectivity index is 1.76. The zero-order chi connectivity index (χ0) is 28.3. The topological polar surface area (TPSA) is 45.6 Å². The fraction of sp³-hybridized carbons (Fsp3) is 0.647. The Morgan fingerprint density at radius 1 is 0.974 bits per heavy atom. The third-order valence-corrected chi connectivity index (χ3v) is 7.98. The molecule has 1 fully saturated rings. The van der Waals surface area contributed by atoms with Crippen molar-refractivity contribution in [3.05, 3.63) is 59.9 Å². The Labute approximate surface area is 238 Å². The van der Waals surface area contributed by atoms with Crippen molar-refractivity contribution in [2.24, 2.45) is 11.3 Å². The number of hydrogen-bond donors (Lipinski definition) is 0. The van der Waals surface area contributed by atoms with Crippen LogP contribution in [0, 0.1) is 11.3 Å². The van der Waals surface area contributed by atoms with Crippen molar-refractivity contribution in [1.29, 1.82) is 0 Å². The Morgan fingerprint density at radius 2 is 1.69 bits per heavy atom. The van der Waals surface area contributed by atoms with Crippen LogP contribution in [0.25, 0.3) is 0 Å². The summed E-state index contributed by atoms with van der Waals surface area (Å²) in [6, 6.07) is 15.0. The molecule has 1 aliphatic carbocycles. The number of amides is 2. The molecule has 1 unspecified atom stereocenters. The SMILES string of the molecule is CCCCCN(CC(=O)N(Cc1cccn1Cc1ccccc1)C1CCCCC1)C(=O)CC(C)CC(C)(C)C. The monoisotopic (exact) mass is 535 g/mol. The van der Waals surface area contributed by atoms with Gasteiger partial charge in [0, 0.05) is 37.4 Å². The summed E-state index contributed by atoms with van der Waals surface area (Å²) in [6.45, 7) is 13.3. The number of rotatable bonds is 14. The molecule has 5 nitrogen and oxygen atoms in total. The maximum Gasteiger partial charge on any atom is 0.242 e. The zero-order valence-corrected chi connectivity index (χ0v) is 25.3. The predicted octanol–water partition coefficient (Wildman–Crippen LogP) is 7.68. The molecule has 5 heteroatoms. The van der Waals surface area contributed by atoms with Crippen LogP contribution < -0.4 is 0 Å². The van der Waals surface area contributed by atoms with Gasteiger partial charge in [0.15, 0.2) is 0 Å². The van der Waals surface area contributed by atoms with E-state index in [0.717, 1.165) is 50.8 Å². The molecular formula is C34H53N3O2. The average Bonchev–Trinajstić information content (AvgIpc) is 3.33. The largest absolute Gasteiger partial charge is 0.345 e. The first-order valence-corrected chi connectivity index (χ1v) is 15.4. The first-order chi connectivity index (χ1) is 18.7. The molecule has 0 aliphatic heterocycles. The van der Waals surface area contributed by atoms with Crippen LogP contribution >= 0.6 is 0 Å². The van der Waals surface area contributed by atoms with Crippen molar-refractivity contribution in [3.8, 4) is 0 Å². The van der Waals surface area contributed by atoms with E-state index in [1.54, 1.807) is 0 Å². The normalized spacial score (nSPS) is 15.2. The third kappa shape index (κ3) is 10.5. The summed E-state index contributed by atoms with van der Waals surface area (Å²) < 4.78 is 2.26. The third-order valence-electron chi connectivity index (χ3n) is 7.98. The number of nitrogens with zero attached hydrogens (tertiary/aromatic N) is 3. The van der Waals surface area contributed by atoms with Gasteiger partial charge in [0.2, 0.25) is 11.8 Å². The lowest BCUT2D eigenvalue weighted by molar-refractivity contribution is -0.143. The molecule has 1 aliphatic rings. The second-order valence-electron chi connectivity index (χ2n) is 13.0. The fourth-order valence-corrected chi connectivity index (χ4v) is 6.16. The van der Waals surface area contributed by atoms with Gasteiger partial charge in [-0.25, -0.2) is 0 Å². The highest BCUT2D eigenvalue weighted by Crippen LogP contribution is 2.27. The van der Waals surface area contributed by atoms with E-state index in [0.29, 0.717) is 25.4 Å². The van der Waals surface area contributed by atoms with Gasteiger partial charge in [-0.05, 0) is 54.7 Å². The molecule has 0 N–H and O–H groups in total. The summed E-state index contributed by atoms with van der Waals surface area (Å²) in [5.74, 6) is 0.534. The van der Waals surface area contributed by atoms with Crippen molar-refractivity contribution >= 4 is 11.8 Å². The average molecular weight is 536 g/mol. The van der Waals surface area contributed by atoms with Crippen LogP contribution in [-0.2, 0) is 22.7 Å². The minimum absolute atomic E-state index is 0.0997. The van der Waals surface area contributed by atoms with Crippen molar-refractivity contribution in [2.75, 3.05) is 13.1 Å². The second kappa shape index (κ2) is 15.3. The van der Waals surface area contributed by atoms with Crippen molar-refractivity contribution in [3.63, 3.8) is 0 Å². The summed E-state index contributed by atoms with van der Waals surface area (Å²) in [5.41, 5.74) is 2.60. The van der Waals surface area contributed by atoms with E-state index >= 15 is 0 Å². The molecule has 3 rings (SSSR count). The highest BCUT2D eigenvalue weighted by atomic mass is 16.2. The highest BCUT2D eigenvalue weighted by molar-refractivity contribution is 5.85. The van der Waals surface area contributed by atoms with Gasteiger partial charge in [0.1, 0.15) is 0 Å². The molecule has 1 atom stereocenters. The lowest BCUT2D eigenvalue weighted by atomic mass is 9.84. The lowest BCUT2D eigenvalue weighted by Crippen LogP contribution is -2.48. The Morgan fingerprint density at radius 3 is 2.36 bits per heavy atom. The molecule has 1 heterocycles. The molecule has 0 bridgehead atoms. The van der Waals surface area contributed by atoms with Crippen LogP contribution in [0.15, 0.2) is 48.7 Å². The zero-order valence-electron chi connectivity index (χ0n) is 25.3. The number of aromatic nitrogens is 1. The molecule has 39 heavy (non-hydrogen) atoms. The minimum Gasteiger partial charge on any atom is -0.345 e. The summed E-state index contributed by atoms with van der Waals surface area (Å²) in [4.78, 5) is 31.5. The van der Waals surface area contributed by atoms with Crippen LogP contribution in [0.1, 0.15) is 110 Å². The molecule has 0 spiro atoms. The van der Waals surface area contributed by atoms with Crippen LogP contribution in [-0.4, -0.2) is 45.3 Å². The predicted molar refractivity (Wildman–Crippen MR) is 161 cm³/mol. The molecule has 2 aromatic rings. The van der Waals surface area contributed by atoms with E-state index in [2.05, 4.69) is 86.7 Å². The molecule has 1 aromatic carbocycles. The lowest BCUT2D eigenvalue weighted by Gasteiger charge is -2.36.